The molecule has 0 unspecified atom stereocenters. The van der Waals surface area contributed by atoms with Gasteiger partial charge in [-0.15, -0.1) is 0 Å². The van der Waals surface area contributed by atoms with Crippen LogP contribution in [0.5, 0.6) is 5.75 Å². The first-order valence-corrected chi connectivity index (χ1v) is 16.3. The minimum Gasteiger partial charge on any atom is -0.494 e. The fourth-order valence-electron chi connectivity index (χ4n) is 5.37. The SMILES string of the molecule is O=C(NCCCCc1ccccc1)[C@]1(C/C=C/c2ccccc2)N=C(c2ccc(OCCCO)cc2)O[C@@H]1c1ccccc1Br. The fourth-order valence-corrected chi connectivity index (χ4v) is 5.87. The highest BCUT2D eigenvalue weighted by atomic mass is 79.9. The van der Waals surface area contributed by atoms with Crippen molar-refractivity contribution in [2.45, 2.75) is 43.7 Å². The van der Waals surface area contributed by atoms with E-state index in [0.717, 1.165) is 40.4 Å². The summed E-state index contributed by atoms with van der Waals surface area (Å²) in [5.74, 6) is 0.933. The molecule has 0 fully saturated rings. The third-order valence-electron chi connectivity index (χ3n) is 7.78. The Morgan fingerprint density at radius 3 is 2.36 bits per heavy atom. The minimum atomic E-state index is -1.24. The van der Waals surface area contributed by atoms with Gasteiger partial charge in [-0.25, -0.2) is 4.99 Å². The highest BCUT2D eigenvalue weighted by Crippen LogP contribution is 2.45. The first-order chi connectivity index (χ1) is 22.1. The zero-order valence-electron chi connectivity index (χ0n) is 25.3. The Hall–Kier alpha value is -4.20. The smallest absolute Gasteiger partial charge is 0.252 e. The van der Waals surface area contributed by atoms with E-state index in [1.54, 1.807) is 0 Å². The van der Waals surface area contributed by atoms with Crippen molar-refractivity contribution < 1.29 is 19.4 Å². The fraction of sp³-hybridized carbons (Fsp3) is 0.263. The molecule has 0 saturated heterocycles. The zero-order valence-corrected chi connectivity index (χ0v) is 26.9. The summed E-state index contributed by atoms with van der Waals surface area (Å²) in [4.78, 5) is 19.4. The molecule has 0 aromatic heterocycles. The van der Waals surface area contributed by atoms with Gasteiger partial charge in [0.05, 0.1) is 6.61 Å². The Kier molecular flexibility index (Phi) is 11.6. The summed E-state index contributed by atoms with van der Waals surface area (Å²) < 4.78 is 13.2. The van der Waals surface area contributed by atoms with Crippen LogP contribution >= 0.6 is 15.9 Å². The van der Waals surface area contributed by atoms with Gasteiger partial charge in [-0.1, -0.05) is 107 Å². The maximum absolute atomic E-state index is 14.3. The largest absolute Gasteiger partial charge is 0.494 e. The van der Waals surface area contributed by atoms with Crippen molar-refractivity contribution >= 4 is 33.8 Å². The summed E-state index contributed by atoms with van der Waals surface area (Å²) in [6, 6.07) is 35.8. The number of aryl methyl sites for hydroxylation is 1. The normalized spacial score (nSPS) is 17.6. The van der Waals surface area contributed by atoms with Gasteiger partial charge >= 0.3 is 0 Å². The van der Waals surface area contributed by atoms with Gasteiger partial charge in [0, 0.05) is 41.6 Å². The van der Waals surface area contributed by atoms with Gasteiger partial charge in [0.1, 0.15) is 5.75 Å². The first kappa shape index (κ1) is 32.2. The number of carbonyl (C=O) groups is 1. The lowest BCUT2D eigenvalue weighted by molar-refractivity contribution is -0.128. The number of halogens is 1. The predicted molar refractivity (Wildman–Crippen MR) is 183 cm³/mol. The lowest BCUT2D eigenvalue weighted by Gasteiger charge is -2.30. The molecule has 0 aliphatic carbocycles. The van der Waals surface area contributed by atoms with Crippen LogP contribution < -0.4 is 10.1 Å². The number of amides is 1. The molecule has 0 spiro atoms. The second-order valence-electron chi connectivity index (χ2n) is 11.0. The third-order valence-corrected chi connectivity index (χ3v) is 8.50. The maximum atomic E-state index is 14.3. The molecule has 0 bridgehead atoms. The van der Waals surface area contributed by atoms with Crippen LogP contribution in [-0.4, -0.2) is 42.2 Å². The zero-order chi connectivity index (χ0) is 31.3. The molecule has 2 N–H and O–H groups in total. The van der Waals surface area contributed by atoms with Crippen molar-refractivity contribution in [1.29, 1.82) is 0 Å². The minimum absolute atomic E-state index is 0.0784. The molecule has 5 rings (SSSR count). The number of hydrogen-bond donors (Lipinski definition) is 2. The molecule has 232 valence electrons. The predicted octanol–water partition coefficient (Wildman–Crippen LogP) is 7.71. The quantitative estimate of drug-likeness (QED) is 0.127. The number of benzene rings is 4. The summed E-state index contributed by atoms with van der Waals surface area (Å²) in [6.07, 6.45) is 7.07. The molecule has 1 aliphatic heterocycles. The second-order valence-corrected chi connectivity index (χ2v) is 11.9. The van der Waals surface area contributed by atoms with Gasteiger partial charge in [0.15, 0.2) is 11.6 Å². The Bertz CT molecular complexity index is 1570. The lowest BCUT2D eigenvalue weighted by atomic mass is 9.84. The van der Waals surface area contributed by atoms with E-state index < -0.39 is 11.6 Å². The summed E-state index contributed by atoms with van der Waals surface area (Å²) >= 11 is 3.71. The molecule has 1 amide bonds. The van der Waals surface area contributed by atoms with Gasteiger partial charge in [0.2, 0.25) is 5.90 Å². The second kappa shape index (κ2) is 16.2. The van der Waals surface area contributed by atoms with Gasteiger partial charge < -0.3 is 19.9 Å². The highest BCUT2D eigenvalue weighted by molar-refractivity contribution is 9.10. The maximum Gasteiger partial charge on any atom is 0.252 e. The van der Waals surface area contributed by atoms with Gasteiger partial charge in [0.25, 0.3) is 5.91 Å². The first-order valence-electron chi connectivity index (χ1n) is 15.5. The molecule has 4 aromatic rings. The van der Waals surface area contributed by atoms with Crippen LogP contribution in [0.25, 0.3) is 6.08 Å². The van der Waals surface area contributed by atoms with Crippen LogP contribution in [0.4, 0.5) is 0 Å². The molecular formula is C38H39BrN2O4. The monoisotopic (exact) mass is 666 g/mol. The molecule has 1 heterocycles. The van der Waals surface area contributed by atoms with E-state index in [-0.39, 0.29) is 12.5 Å². The summed E-state index contributed by atoms with van der Waals surface area (Å²) in [6.45, 7) is 1.05. The van der Waals surface area contributed by atoms with Crippen LogP contribution in [0.1, 0.15) is 54.0 Å². The molecule has 4 aromatic carbocycles. The van der Waals surface area contributed by atoms with Crippen LogP contribution in [-0.2, 0) is 16.0 Å². The van der Waals surface area contributed by atoms with E-state index in [0.29, 0.717) is 37.6 Å². The molecule has 0 radical (unpaired) electrons. The Balaban J connectivity index is 1.43. The number of hydrogen-bond acceptors (Lipinski definition) is 5. The number of aliphatic hydroxyl groups excluding tert-OH is 1. The Morgan fingerprint density at radius 1 is 0.911 bits per heavy atom. The summed E-state index contributed by atoms with van der Waals surface area (Å²) in [5.41, 5.74) is 2.72. The topological polar surface area (TPSA) is 80.2 Å². The summed E-state index contributed by atoms with van der Waals surface area (Å²) in [7, 11) is 0. The van der Waals surface area contributed by atoms with Crippen LogP contribution in [0, 0.1) is 0 Å². The van der Waals surface area contributed by atoms with Crippen molar-refractivity contribution in [3.63, 3.8) is 0 Å². The molecule has 6 nitrogen and oxygen atoms in total. The van der Waals surface area contributed by atoms with Crippen LogP contribution in [0.2, 0.25) is 0 Å². The van der Waals surface area contributed by atoms with Crippen molar-refractivity contribution in [2.75, 3.05) is 19.8 Å². The average molecular weight is 668 g/mol. The molecule has 1 aliphatic rings. The van der Waals surface area contributed by atoms with Crippen LogP contribution in [0.3, 0.4) is 0 Å². The molecule has 0 saturated carbocycles. The van der Waals surface area contributed by atoms with E-state index in [4.69, 9.17) is 19.6 Å². The third kappa shape index (κ3) is 8.50. The average Bonchev–Trinajstić information content (AvgIpc) is 3.46. The molecule has 45 heavy (non-hydrogen) atoms. The number of nitrogens with one attached hydrogen (secondary N) is 1. The van der Waals surface area contributed by atoms with Crippen molar-refractivity contribution in [3.8, 4) is 5.75 Å². The number of rotatable bonds is 15. The number of carbonyl (C=O) groups excluding carboxylic acids is 1. The van der Waals surface area contributed by atoms with Gasteiger partial charge in [-0.2, -0.15) is 0 Å². The highest BCUT2D eigenvalue weighted by Gasteiger charge is 2.53. The molecule has 2 atom stereocenters. The lowest BCUT2D eigenvalue weighted by Crippen LogP contribution is -2.48. The summed E-state index contributed by atoms with van der Waals surface area (Å²) in [5, 5.41) is 12.3. The molecular weight excluding hydrogens is 628 g/mol. The van der Waals surface area contributed by atoms with E-state index >= 15 is 0 Å². The van der Waals surface area contributed by atoms with Crippen molar-refractivity contribution in [2.24, 2.45) is 4.99 Å². The Labute approximate surface area is 274 Å². The number of aliphatic hydroxyl groups is 1. The van der Waals surface area contributed by atoms with Crippen LogP contribution in [0.15, 0.2) is 125 Å². The van der Waals surface area contributed by atoms with Crippen molar-refractivity contribution in [3.05, 3.63) is 142 Å². The number of nitrogens with zero attached hydrogens (tertiary/aromatic N) is 1. The standard InChI is InChI=1S/C38H39BrN2O4/c39-34-20-8-7-19-33(34)35-38(25-11-18-30-15-5-2-6-16-30,37(43)40-26-10-9-17-29-13-3-1-4-14-29)41-36(45-35)31-21-23-32(24-22-31)44-28-12-27-42/h1-8,11,13-16,18-24,35,42H,9-10,12,17,25-28H2,(H,40,43)/b18-11+/t35-,38-/m1/s1. The number of ether oxygens (including phenoxy) is 2. The number of unbranched alkanes of at least 4 members (excludes halogenated alkanes) is 1. The molecule has 7 heteroatoms. The van der Waals surface area contributed by atoms with E-state index in [2.05, 4.69) is 45.5 Å². The van der Waals surface area contributed by atoms with Gasteiger partial charge in [-0.3, -0.25) is 4.79 Å². The van der Waals surface area contributed by atoms with Crippen molar-refractivity contribution in [1.82, 2.24) is 5.32 Å². The van der Waals surface area contributed by atoms with E-state index in [9.17, 15) is 4.79 Å². The number of aliphatic imine (C=N–C) groups is 1. The van der Waals surface area contributed by atoms with Gasteiger partial charge in [-0.05, 0) is 60.7 Å². The van der Waals surface area contributed by atoms with E-state index in [1.807, 2.05) is 97.1 Å². The van der Waals surface area contributed by atoms with E-state index in [1.165, 1.54) is 5.56 Å². The Morgan fingerprint density at radius 2 is 1.62 bits per heavy atom.